The number of rotatable bonds is 8. The van der Waals surface area contributed by atoms with Crippen LogP contribution in [0.15, 0.2) is 69.5 Å². The van der Waals surface area contributed by atoms with Gasteiger partial charge >= 0.3 is 11.9 Å². The van der Waals surface area contributed by atoms with Crippen LogP contribution in [0.2, 0.25) is 0 Å². The maximum atomic E-state index is 13.1. The molecular formula is C29H32N2O5. The fourth-order valence-electron chi connectivity index (χ4n) is 4.87. The molecule has 3 aromatic rings. The quantitative estimate of drug-likeness (QED) is 0.431. The van der Waals surface area contributed by atoms with Gasteiger partial charge in [0, 0.05) is 23.4 Å². The van der Waals surface area contributed by atoms with Crippen LogP contribution in [0.3, 0.4) is 0 Å². The highest BCUT2D eigenvalue weighted by atomic mass is 16.5. The Morgan fingerprint density at radius 3 is 2.11 bits per heavy atom. The molecule has 1 aromatic heterocycles. The van der Waals surface area contributed by atoms with Gasteiger partial charge in [-0.15, -0.1) is 0 Å². The van der Waals surface area contributed by atoms with Gasteiger partial charge in [0.25, 0.3) is 0 Å². The van der Waals surface area contributed by atoms with Crippen LogP contribution >= 0.6 is 0 Å². The molecule has 0 aliphatic carbocycles. The number of fused-ring (bicyclic) bond motifs is 1. The van der Waals surface area contributed by atoms with Crippen molar-refractivity contribution in [3.05, 3.63) is 87.6 Å². The minimum Gasteiger partial charge on any atom is -0.463 e. The number of nitrogens with zero attached hydrogens (tertiary/aromatic N) is 1. The SMILES string of the molecule is CCOC(=O)C1=C(C)NC(C)=C(C(=O)OCC)C1c1c(C)noc1CCc1ccc2ccccc2c1. The predicted molar refractivity (Wildman–Crippen MR) is 137 cm³/mol. The van der Waals surface area contributed by atoms with Gasteiger partial charge in [0.15, 0.2) is 0 Å². The third kappa shape index (κ3) is 4.91. The van der Waals surface area contributed by atoms with Crippen molar-refractivity contribution in [2.24, 2.45) is 0 Å². The Labute approximate surface area is 211 Å². The second-order valence-electron chi connectivity index (χ2n) is 8.86. The largest absolute Gasteiger partial charge is 0.463 e. The van der Waals surface area contributed by atoms with E-state index in [4.69, 9.17) is 14.0 Å². The molecule has 7 heteroatoms. The number of benzene rings is 2. The van der Waals surface area contributed by atoms with Crippen LogP contribution in [0.25, 0.3) is 10.8 Å². The summed E-state index contributed by atoms with van der Waals surface area (Å²) in [7, 11) is 0. The van der Waals surface area contributed by atoms with Crippen molar-refractivity contribution in [3.63, 3.8) is 0 Å². The molecule has 0 saturated carbocycles. The first kappa shape index (κ1) is 25.2. The van der Waals surface area contributed by atoms with Crippen LogP contribution in [-0.2, 0) is 31.9 Å². The van der Waals surface area contributed by atoms with Gasteiger partial charge in [-0.2, -0.15) is 0 Å². The molecule has 188 valence electrons. The molecule has 0 amide bonds. The Morgan fingerprint density at radius 2 is 1.50 bits per heavy atom. The molecule has 1 N–H and O–H groups in total. The van der Waals surface area contributed by atoms with Crippen LogP contribution in [0.1, 0.15) is 56.2 Å². The first-order chi connectivity index (χ1) is 17.3. The standard InChI is InChI=1S/C29H32N2O5/c1-6-34-28(32)25-17(3)30-18(4)26(29(33)35-7-2)27(25)24-19(5)31-36-23(24)15-13-20-12-14-21-10-8-9-11-22(21)16-20/h8-12,14,16,27,30H,6-7,13,15H2,1-5H3. The molecule has 4 rings (SSSR count). The van der Waals surface area contributed by atoms with Gasteiger partial charge in [0.05, 0.1) is 36.0 Å². The average Bonchev–Trinajstić information content (AvgIpc) is 3.22. The van der Waals surface area contributed by atoms with Gasteiger partial charge in [0.2, 0.25) is 0 Å². The summed E-state index contributed by atoms with van der Waals surface area (Å²) in [5.41, 5.74) is 4.48. The Hall–Kier alpha value is -3.87. The number of esters is 2. The third-order valence-corrected chi connectivity index (χ3v) is 6.48. The Kier molecular flexibility index (Phi) is 7.58. The van der Waals surface area contributed by atoms with E-state index in [2.05, 4.69) is 40.8 Å². The van der Waals surface area contributed by atoms with Crippen LogP contribution in [0.5, 0.6) is 0 Å². The molecule has 1 aliphatic rings. The molecule has 2 aromatic carbocycles. The number of nitrogens with one attached hydrogen (secondary N) is 1. The van der Waals surface area contributed by atoms with Crippen molar-refractivity contribution >= 4 is 22.7 Å². The summed E-state index contributed by atoms with van der Waals surface area (Å²) in [5.74, 6) is -1.04. The topological polar surface area (TPSA) is 90.7 Å². The van der Waals surface area contributed by atoms with Crippen LogP contribution in [-0.4, -0.2) is 30.3 Å². The van der Waals surface area contributed by atoms with Crippen molar-refractivity contribution < 1.29 is 23.6 Å². The van der Waals surface area contributed by atoms with E-state index in [1.807, 2.05) is 32.9 Å². The molecule has 7 nitrogen and oxygen atoms in total. The number of ether oxygens (including phenoxy) is 2. The summed E-state index contributed by atoms with van der Waals surface area (Å²) in [6.45, 7) is 9.40. The summed E-state index contributed by atoms with van der Waals surface area (Å²) in [6.07, 6.45) is 1.27. The average molecular weight is 489 g/mol. The van der Waals surface area contributed by atoms with Crippen molar-refractivity contribution in [1.29, 1.82) is 0 Å². The van der Waals surface area contributed by atoms with Crippen molar-refractivity contribution in [1.82, 2.24) is 10.5 Å². The number of dihydropyridines is 1. The second-order valence-corrected chi connectivity index (χ2v) is 8.86. The molecule has 0 bridgehead atoms. The van der Waals surface area contributed by atoms with E-state index >= 15 is 0 Å². The maximum Gasteiger partial charge on any atom is 0.336 e. The predicted octanol–water partition coefficient (Wildman–Crippen LogP) is 5.28. The number of carbonyl (C=O) groups is 2. The molecule has 0 spiro atoms. The van der Waals surface area contributed by atoms with E-state index < -0.39 is 17.9 Å². The molecule has 36 heavy (non-hydrogen) atoms. The van der Waals surface area contributed by atoms with E-state index in [-0.39, 0.29) is 13.2 Å². The number of aromatic nitrogens is 1. The molecule has 0 atom stereocenters. The van der Waals surface area contributed by atoms with Crippen molar-refractivity contribution in [2.75, 3.05) is 13.2 Å². The van der Waals surface area contributed by atoms with Crippen LogP contribution in [0, 0.1) is 6.92 Å². The smallest absolute Gasteiger partial charge is 0.336 e. The van der Waals surface area contributed by atoms with Crippen molar-refractivity contribution in [3.8, 4) is 0 Å². The number of carbonyl (C=O) groups excluding carboxylic acids is 2. The molecule has 1 aliphatic heterocycles. The lowest BCUT2D eigenvalue weighted by Gasteiger charge is -2.30. The van der Waals surface area contributed by atoms with Gasteiger partial charge in [-0.05, 0) is 57.4 Å². The monoisotopic (exact) mass is 488 g/mol. The van der Waals surface area contributed by atoms with Gasteiger partial charge in [-0.1, -0.05) is 47.6 Å². The lowest BCUT2D eigenvalue weighted by Crippen LogP contribution is -2.33. The summed E-state index contributed by atoms with van der Waals surface area (Å²) >= 11 is 0. The number of allylic oxidation sites excluding steroid dienone is 2. The Bertz CT molecular complexity index is 1320. The zero-order chi connectivity index (χ0) is 25.8. The van der Waals surface area contributed by atoms with E-state index in [1.54, 1.807) is 13.8 Å². The van der Waals surface area contributed by atoms with Gasteiger partial charge < -0.3 is 19.3 Å². The third-order valence-electron chi connectivity index (χ3n) is 6.48. The zero-order valence-corrected chi connectivity index (χ0v) is 21.4. The summed E-state index contributed by atoms with van der Waals surface area (Å²) < 4.78 is 16.6. The molecule has 0 unspecified atom stereocenters. The van der Waals surface area contributed by atoms with Gasteiger partial charge in [-0.25, -0.2) is 9.59 Å². The van der Waals surface area contributed by atoms with Crippen LogP contribution in [0.4, 0.5) is 0 Å². The first-order valence-corrected chi connectivity index (χ1v) is 12.3. The zero-order valence-electron chi connectivity index (χ0n) is 21.4. The number of aryl methyl sites for hydroxylation is 3. The highest BCUT2D eigenvalue weighted by Gasteiger charge is 2.41. The van der Waals surface area contributed by atoms with Gasteiger partial charge in [-0.3, -0.25) is 0 Å². The second kappa shape index (κ2) is 10.8. The maximum absolute atomic E-state index is 13.1. The first-order valence-electron chi connectivity index (χ1n) is 12.3. The fourth-order valence-corrected chi connectivity index (χ4v) is 4.87. The lowest BCUT2D eigenvalue weighted by atomic mass is 9.79. The summed E-state index contributed by atoms with van der Waals surface area (Å²) in [4.78, 5) is 26.3. The van der Waals surface area contributed by atoms with Crippen LogP contribution < -0.4 is 5.32 Å². The molecule has 2 heterocycles. The highest BCUT2D eigenvalue weighted by molar-refractivity contribution is 6.00. The normalized spacial score (nSPS) is 14.2. The van der Waals surface area contributed by atoms with Crippen molar-refractivity contribution in [2.45, 2.75) is 53.4 Å². The lowest BCUT2D eigenvalue weighted by molar-refractivity contribution is -0.139. The highest BCUT2D eigenvalue weighted by Crippen LogP contribution is 2.42. The molecule has 0 saturated heterocycles. The summed E-state index contributed by atoms with van der Waals surface area (Å²) in [5, 5.41) is 9.77. The van der Waals surface area contributed by atoms with Gasteiger partial charge in [0.1, 0.15) is 5.76 Å². The fraction of sp³-hybridized carbons (Fsp3) is 0.345. The molecule has 0 radical (unpaired) electrons. The number of hydrogen-bond donors (Lipinski definition) is 1. The Balaban J connectivity index is 1.75. The summed E-state index contributed by atoms with van der Waals surface area (Å²) in [6, 6.07) is 14.6. The van der Waals surface area contributed by atoms with E-state index in [9.17, 15) is 9.59 Å². The minimum absolute atomic E-state index is 0.219. The van der Waals surface area contributed by atoms with E-state index in [0.717, 1.165) is 5.56 Å². The molecular weight excluding hydrogens is 456 g/mol. The van der Waals surface area contributed by atoms with E-state index in [1.165, 1.54) is 10.8 Å². The number of hydrogen-bond acceptors (Lipinski definition) is 7. The van der Waals surface area contributed by atoms with E-state index in [0.29, 0.717) is 52.4 Å². The Morgan fingerprint density at radius 1 is 0.889 bits per heavy atom. The minimum atomic E-state index is -0.706. The molecule has 0 fully saturated rings.